The zero-order chi connectivity index (χ0) is 59.8. The van der Waals surface area contributed by atoms with Crippen LogP contribution in [0.25, 0.3) is 0 Å². The Hall–Kier alpha value is -3.18. The Morgan fingerprint density at radius 2 is 0.518 bits per heavy atom. The van der Waals surface area contributed by atoms with Crippen LogP contribution in [-0.2, 0) is 19.1 Å². The Morgan fingerprint density at radius 3 is 0.783 bits per heavy atom. The molecule has 0 aromatic carbocycles. The number of hydrogen-bond donors (Lipinski definition) is 1. The van der Waals surface area contributed by atoms with Gasteiger partial charge in [-0.05, 0) is 77.0 Å². The van der Waals surface area contributed by atoms with E-state index in [0.29, 0.717) is 12.8 Å². The van der Waals surface area contributed by atoms with E-state index in [9.17, 15) is 14.7 Å². The fourth-order valence-corrected chi connectivity index (χ4v) is 10.8. The van der Waals surface area contributed by atoms with Crippen molar-refractivity contribution >= 4 is 11.9 Å². The summed E-state index contributed by atoms with van der Waals surface area (Å²) in [6.45, 7) is 4.07. The number of carbonyl (C=O) groups excluding carboxylic acids is 2. The van der Waals surface area contributed by atoms with E-state index in [1.54, 1.807) is 0 Å². The molecule has 0 rings (SSSR count). The van der Waals surface area contributed by atoms with E-state index < -0.39 is 6.10 Å². The molecule has 0 fully saturated rings. The first-order valence-electron chi connectivity index (χ1n) is 36.3. The first-order chi connectivity index (χ1) is 41.1. The lowest BCUT2D eigenvalue weighted by Crippen LogP contribution is -2.28. The van der Waals surface area contributed by atoms with Gasteiger partial charge in [0.05, 0.1) is 6.61 Å². The molecule has 0 aliphatic heterocycles. The van der Waals surface area contributed by atoms with Crippen LogP contribution >= 0.6 is 0 Å². The first-order valence-corrected chi connectivity index (χ1v) is 36.3. The molecule has 0 aliphatic rings. The number of rotatable bonds is 67. The summed E-state index contributed by atoms with van der Waals surface area (Å²) in [7, 11) is 0. The minimum absolute atomic E-state index is 0.0657. The van der Waals surface area contributed by atoms with Crippen molar-refractivity contribution in [3.8, 4) is 0 Å². The maximum Gasteiger partial charge on any atom is 0.306 e. The summed E-state index contributed by atoms with van der Waals surface area (Å²) in [5.41, 5.74) is 0. The van der Waals surface area contributed by atoms with Crippen LogP contribution in [0.2, 0.25) is 0 Å². The third-order valence-electron chi connectivity index (χ3n) is 16.1. The fraction of sp³-hybridized carbons (Fsp3) is 0.769. The number of aliphatic hydroxyl groups excluding tert-OH is 1. The molecule has 1 unspecified atom stereocenters. The third kappa shape index (κ3) is 71.2. The van der Waals surface area contributed by atoms with Crippen LogP contribution in [0.4, 0.5) is 0 Å². The van der Waals surface area contributed by atoms with Crippen LogP contribution in [-0.4, -0.2) is 36.4 Å². The number of hydrogen-bond acceptors (Lipinski definition) is 5. The molecular weight excluding hydrogens is 1020 g/mol. The molecule has 0 heterocycles. The predicted octanol–water partition coefficient (Wildman–Crippen LogP) is 25.4. The second kappa shape index (κ2) is 73.1. The summed E-state index contributed by atoms with van der Waals surface area (Å²) < 4.78 is 10.8. The van der Waals surface area contributed by atoms with Gasteiger partial charge in [0, 0.05) is 12.8 Å². The highest BCUT2D eigenvalue weighted by Crippen LogP contribution is 2.19. The zero-order valence-corrected chi connectivity index (χ0v) is 55.2. The molecule has 5 heteroatoms. The Bertz CT molecular complexity index is 1550. The summed E-state index contributed by atoms with van der Waals surface area (Å²) in [5, 5.41) is 9.71. The van der Waals surface area contributed by atoms with E-state index >= 15 is 0 Å². The van der Waals surface area contributed by atoms with Gasteiger partial charge in [-0.2, -0.15) is 0 Å². The van der Waals surface area contributed by atoms with Crippen molar-refractivity contribution < 1.29 is 24.2 Å². The standard InChI is InChI=1S/C78H138O5/c1-3-5-7-9-11-13-15-17-19-21-23-25-27-29-31-33-35-37-38-39-40-41-43-45-47-49-51-53-55-57-59-61-63-65-67-69-71-73-78(81)83-76(74-79)75-82-77(80)72-70-68-66-64-62-60-58-56-54-52-50-48-46-44-42-36-34-32-30-28-26-24-22-20-18-16-14-12-10-8-6-4-2/h5,7,11,13,17,19,23,25,29,31,35,37,39-40,43,45,76,79H,3-4,6,8-10,12,14-16,18,20-22,24,26-28,30,32-34,36,38,41-42,44,46-75H2,1-2H3/b7-5-,13-11-,19-17-,25-23-,31-29-,37-35-,40-39-,45-43-. The molecule has 0 aliphatic carbocycles. The van der Waals surface area contributed by atoms with Crippen LogP contribution in [0.1, 0.15) is 367 Å². The van der Waals surface area contributed by atoms with Crippen LogP contribution in [0.15, 0.2) is 97.2 Å². The minimum Gasteiger partial charge on any atom is -0.462 e. The molecule has 0 aromatic heterocycles. The lowest BCUT2D eigenvalue weighted by molar-refractivity contribution is -0.161. The lowest BCUT2D eigenvalue weighted by atomic mass is 10.0. The maximum atomic E-state index is 12.4. The highest BCUT2D eigenvalue weighted by atomic mass is 16.6. The highest BCUT2D eigenvalue weighted by Gasteiger charge is 2.16. The number of esters is 2. The van der Waals surface area contributed by atoms with Crippen LogP contribution in [0.3, 0.4) is 0 Å². The molecule has 480 valence electrons. The Kier molecular flexibility index (Phi) is 70.3. The van der Waals surface area contributed by atoms with Crippen LogP contribution in [0, 0.1) is 0 Å². The third-order valence-corrected chi connectivity index (χ3v) is 16.1. The number of carbonyl (C=O) groups is 2. The SMILES string of the molecule is CC/C=C\C/C=C\C/C=C\C/C=C\C/C=C\C/C=C\C/C=C\C/C=C\CCCCCCCCCCCCCCC(=O)OC(CO)COC(=O)CCCCCCCCCCCCCCCCCCCCCCCCCCCCCCCCCC. The van der Waals surface area contributed by atoms with E-state index in [4.69, 9.17) is 9.47 Å². The van der Waals surface area contributed by atoms with Crippen LogP contribution in [0.5, 0.6) is 0 Å². The quantitative estimate of drug-likeness (QED) is 0.0373. The second-order valence-corrected chi connectivity index (χ2v) is 24.3. The van der Waals surface area contributed by atoms with Gasteiger partial charge in [0.1, 0.15) is 6.61 Å². The van der Waals surface area contributed by atoms with Crippen molar-refractivity contribution in [2.45, 2.75) is 373 Å². The summed E-state index contributed by atoms with van der Waals surface area (Å²) in [6.07, 6.45) is 105. The number of allylic oxidation sites excluding steroid dienone is 16. The minimum atomic E-state index is -0.778. The Labute approximate surface area is 517 Å². The van der Waals surface area contributed by atoms with Gasteiger partial charge in [0.2, 0.25) is 0 Å². The molecule has 5 nitrogen and oxygen atoms in total. The number of unbranched alkanes of at least 4 members (excludes halogenated alkanes) is 43. The molecule has 1 atom stereocenters. The van der Waals surface area contributed by atoms with Crippen molar-refractivity contribution in [2.24, 2.45) is 0 Å². The average Bonchev–Trinajstić information content (AvgIpc) is 3.49. The van der Waals surface area contributed by atoms with Crippen molar-refractivity contribution in [3.63, 3.8) is 0 Å². The predicted molar refractivity (Wildman–Crippen MR) is 366 cm³/mol. The van der Waals surface area contributed by atoms with Crippen molar-refractivity contribution in [2.75, 3.05) is 13.2 Å². The van der Waals surface area contributed by atoms with Crippen molar-refractivity contribution in [1.82, 2.24) is 0 Å². The number of aliphatic hydroxyl groups is 1. The molecular formula is C78H138O5. The Balaban J connectivity index is 3.46. The molecule has 1 N–H and O–H groups in total. The van der Waals surface area contributed by atoms with E-state index in [0.717, 1.165) is 89.9 Å². The molecule has 0 saturated heterocycles. The van der Waals surface area contributed by atoms with Gasteiger partial charge in [-0.15, -0.1) is 0 Å². The molecule has 0 bridgehead atoms. The monoisotopic (exact) mass is 1160 g/mol. The van der Waals surface area contributed by atoms with E-state index in [2.05, 4.69) is 111 Å². The molecule has 0 spiro atoms. The van der Waals surface area contributed by atoms with E-state index in [-0.39, 0.29) is 25.2 Å². The zero-order valence-electron chi connectivity index (χ0n) is 55.2. The van der Waals surface area contributed by atoms with Gasteiger partial charge < -0.3 is 14.6 Å². The molecule has 0 amide bonds. The first kappa shape index (κ1) is 79.8. The smallest absolute Gasteiger partial charge is 0.306 e. The van der Waals surface area contributed by atoms with Gasteiger partial charge in [0.15, 0.2) is 6.10 Å². The van der Waals surface area contributed by atoms with Crippen LogP contribution < -0.4 is 0 Å². The number of ether oxygens (including phenoxy) is 2. The maximum absolute atomic E-state index is 12.4. The van der Waals surface area contributed by atoms with Gasteiger partial charge >= 0.3 is 11.9 Å². The summed E-state index contributed by atoms with van der Waals surface area (Å²) >= 11 is 0. The van der Waals surface area contributed by atoms with Gasteiger partial charge in [-0.25, -0.2) is 0 Å². The molecule has 0 saturated carbocycles. The average molecular weight is 1160 g/mol. The molecule has 0 aromatic rings. The second-order valence-electron chi connectivity index (χ2n) is 24.3. The molecule has 0 radical (unpaired) electrons. The topological polar surface area (TPSA) is 72.8 Å². The van der Waals surface area contributed by atoms with Crippen molar-refractivity contribution in [1.29, 1.82) is 0 Å². The van der Waals surface area contributed by atoms with Gasteiger partial charge in [-0.3, -0.25) is 9.59 Å². The summed E-state index contributed by atoms with van der Waals surface area (Å²) in [5.74, 6) is -0.579. The highest BCUT2D eigenvalue weighted by molar-refractivity contribution is 5.70. The largest absolute Gasteiger partial charge is 0.462 e. The van der Waals surface area contributed by atoms with Crippen molar-refractivity contribution in [3.05, 3.63) is 97.2 Å². The summed E-state index contributed by atoms with van der Waals surface area (Å²) in [4.78, 5) is 24.7. The Morgan fingerprint density at radius 1 is 0.289 bits per heavy atom. The fourth-order valence-electron chi connectivity index (χ4n) is 10.8. The lowest BCUT2D eigenvalue weighted by Gasteiger charge is -2.15. The van der Waals surface area contributed by atoms with E-state index in [1.165, 1.54) is 250 Å². The van der Waals surface area contributed by atoms with Gasteiger partial charge in [0.25, 0.3) is 0 Å². The normalized spacial score (nSPS) is 12.8. The summed E-state index contributed by atoms with van der Waals surface area (Å²) in [6, 6.07) is 0. The van der Waals surface area contributed by atoms with Gasteiger partial charge in [-0.1, -0.05) is 374 Å². The van der Waals surface area contributed by atoms with E-state index in [1.807, 2.05) is 0 Å². The molecule has 83 heavy (non-hydrogen) atoms.